The van der Waals surface area contributed by atoms with Gasteiger partial charge in [-0.3, -0.25) is 0 Å². The third-order valence-electron chi connectivity index (χ3n) is 2.80. The maximum absolute atomic E-state index is 13.2. The number of benzene rings is 1. The van der Waals surface area contributed by atoms with Crippen LogP contribution in [0.15, 0.2) is 28.8 Å². The molecule has 3 rings (SSSR count). The van der Waals surface area contributed by atoms with E-state index in [1.54, 1.807) is 16.8 Å². The summed E-state index contributed by atoms with van der Waals surface area (Å²) >= 11 is 0. The van der Waals surface area contributed by atoms with Crippen LogP contribution < -0.4 is 0 Å². The van der Waals surface area contributed by atoms with Gasteiger partial charge >= 0.3 is 0 Å². The minimum atomic E-state index is -0.336. The van der Waals surface area contributed by atoms with Crippen LogP contribution in [-0.2, 0) is 6.54 Å². The Hall–Kier alpha value is -2.57. The van der Waals surface area contributed by atoms with Gasteiger partial charge in [-0.05, 0) is 26.0 Å². The Morgan fingerprint density at radius 3 is 2.80 bits per heavy atom. The predicted octanol–water partition coefficient (Wildman–Crippen LogP) is 2.13. The molecule has 102 valence electrons. The summed E-state index contributed by atoms with van der Waals surface area (Å²) in [4.78, 5) is 8.43. The number of aryl methyl sites for hydroxylation is 2. The van der Waals surface area contributed by atoms with Gasteiger partial charge in [0, 0.05) is 5.56 Å². The summed E-state index contributed by atoms with van der Waals surface area (Å²) in [6, 6.07) is 6.06. The fourth-order valence-electron chi connectivity index (χ4n) is 1.90. The number of halogens is 1. The van der Waals surface area contributed by atoms with E-state index in [0.717, 1.165) is 5.82 Å². The Balaban J connectivity index is 1.85. The molecule has 20 heavy (non-hydrogen) atoms. The third kappa shape index (κ3) is 2.42. The van der Waals surface area contributed by atoms with E-state index in [1.165, 1.54) is 12.1 Å². The topological polar surface area (TPSA) is 69.6 Å². The molecule has 3 aromatic rings. The molecule has 0 spiro atoms. The van der Waals surface area contributed by atoms with Gasteiger partial charge in [-0.15, -0.1) is 0 Å². The Morgan fingerprint density at radius 2 is 2.10 bits per heavy atom. The zero-order chi connectivity index (χ0) is 14.1. The summed E-state index contributed by atoms with van der Waals surface area (Å²) in [5, 5.41) is 8.07. The molecule has 0 N–H and O–H groups in total. The molecular formula is C13H12FN5O. The quantitative estimate of drug-likeness (QED) is 0.731. The highest BCUT2D eigenvalue weighted by atomic mass is 19.1. The average molecular weight is 273 g/mol. The molecule has 1 aromatic carbocycles. The number of hydrogen-bond donors (Lipinski definition) is 0. The molecule has 0 aliphatic heterocycles. The fourth-order valence-corrected chi connectivity index (χ4v) is 1.90. The summed E-state index contributed by atoms with van der Waals surface area (Å²) in [6.07, 6.45) is 0. The van der Waals surface area contributed by atoms with E-state index in [-0.39, 0.29) is 5.82 Å². The molecule has 0 aliphatic carbocycles. The van der Waals surface area contributed by atoms with Gasteiger partial charge in [-0.25, -0.2) is 14.1 Å². The summed E-state index contributed by atoms with van der Waals surface area (Å²) in [6.45, 7) is 4.01. The van der Waals surface area contributed by atoms with E-state index >= 15 is 0 Å². The van der Waals surface area contributed by atoms with Gasteiger partial charge < -0.3 is 4.52 Å². The Bertz CT molecular complexity index is 749. The van der Waals surface area contributed by atoms with Crippen LogP contribution in [0.4, 0.5) is 4.39 Å². The molecular weight excluding hydrogens is 261 g/mol. The number of nitrogens with zero attached hydrogens (tertiary/aromatic N) is 5. The van der Waals surface area contributed by atoms with Crippen molar-refractivity contribution in [3.8, 4) is 11.4 Å². The Kier molecular flexibility index (Phi) is 3.02. The predicted molar refractivity (Wildman–Crippen MR) is 68.3 cm³/mol. The lowest BCUT2D eigenvalue weighted by atomic mass is 10.2. The highest BCUT2D eigenvalue weighted by Crippen LogP contribution is 2.17. The summed E-state index contributed by atoms with van der Waals surface area (Å²) in [5.41, 5.74) is 0.575. The molecule has 0 aliphatic rings. The van der Waals surface area contributed by atoms with Crippen LogP contribution in [0.3, 0.4) is 0 Å². The third-order valence-corrected chi connectivity index (χ3v) is 2.80. The smallest absolute Gasteiger partial charge is 0.248 e. The van der Waals surface area contributed by atoms with Crippen LogP contribution in [-0.4, -0.2) is 24.9 Å². The SMILES string of the molecule is Cc1nc(C)n(Cc2nc(-c3cccc(F)c3)no2)n1. The lowest BCUT2D eigenvalue weighted by molar-refractivity contribution is 0.364. The molecule has 0 unspecified atom stereocenters. The average Bonchev–Trinajstić information content (AvgIpc) is 2.97. The second-order valence-corrected chi connectivity index (χ2v) is 4.39. The lowest BCUT2D eigenvalue weighted by Crippen LogP contribution is -2.04. The van der Waals surface area contributed by atoms with Gasteiger partial charge in [0.1, 0.15) is 24.0 Å². The normalized spacial score (nSPS) is 10.9. The first-order valence-electron chi connectivity index (χ1n) is 6.08. The molecule has 0 radical (unpaired) electrons. The first-order valence-corrected chi connectivity index (χ1v) is 6.08. The van der Waals surface area contributed by atoms with E-state index in [2.05, 4.69) is 20.2 Å². The number of rotatable bonds is 3. The van der Waals surface area contributed by atoms with Crippen LogP contribution in [0.1, 0.15) is 17.5 Å². The Labute approximate surface area is 114 Å². The maximum Gasteiger partial charge on any atom is 0.248 e. The monoisotopic (exact) mass is 273 g/mol. The molecule has 0 saturated carbocycles. The molecule has 0 fully saturated rings. The minimum Gasteiger partial charge on any atom is -0.337 e. The molecule has 0 amide bonds. The van der Waals surface area contributed by atoms with Crippen LogP contribution in [0, 0.1) is 19.7 Å². The highest BCUT2D eigenvalue weighted by Gasteiger charge is 2.11. The van der Waals surface area contributed by atoms with Gasteiger partial charge in [-0.1, -0.05) is 17.3 Å². The van der Waals surface area contributed by atoms with Crippen molar-refractivity contribution in [3.05, 3.63) is 47.6 Å². The first kappa shape index (κ1) is 12.5. The van der Waals surface area contributed by atoms with Crippen molar-refractivity contribution in [3.63, 3.8) is 0 Å². The molecule has 2 heterocycles. The lowest BCUT2D eigenvalue weighted by Gasteiger charge is -1.96. The standard InChI is InChI=1S/C13H12FN5O/c1-8-15-9(2)19(17-8)7-12-16-13(18-20-12)10-4-3-5-11(14)6-10/h3-6H,7H2,1-2H3. The van der Waals surface area contributed by atoms with E-state index < -0.39 is 0 Å². The van der Waals surface area contributed by atoms with Gasteiger partial charge in [0.2, 0.25) is 11.7 Å². The van der Waals surface area contributed by atoms with Crippen LogP contribution in [0.2, 0.25) is 0 Å². The van der Waals surface area contributed by atoms with E-state index in [0.29, 0.717) is 29.6 Å². The second kappa shape index (κ2) is 4.84. The van der Waals surface area contributed by atoms with Crippen molar-refractivity contribution in [2.75, 3.05) is 0 Å². The molecule has 0 bridgehead atoms. The number of hydrogen-bond acceptors (Lipinski definition) is 5. The summed E-state index contributed by atoms with van der Waals surface area (Å²) in [5.74, 6) is 1.88. The fraction of sp³-hybridized carbons (Fsp3) is 0.231. The molecule has 2 aromatic heterocycles. The van der Waals surface area contributed by atoms with Crippen molar-refractivity contribution < 1.29 is 8.91 Å². The van der Waals surface area contributed by atoms with Crippen molar-refractivity contribution in [1.82, 2.24) is 24.9 Å². The summed E-state index contributed by atoms with van der Waals surface area (Å²) in [7, 11) is 0. The van der Waals surface area contributed by atoms with Gasteiger partial charge in [0.05, 0.1) is 0 Å². The van der Waals surface area contributed by atoms with Gasteiger partial charge in [0.15, 0.2) is 0 Å². The van der Waals surface area contributed by atoms with E-state index in [1.807, 2.05) is 13.8 Å². The van der Waals surface area contributed by atoms with E-state index in [9.17, 15) is 4.39 Å². The van der Waals surface area contributed by atoms with E-state index in [4.69, 9.17) is 4.52 Å². The first-order chi connectivity index (χ1) is 9.61. The zero-order valence-corrected chi connectivity index (χ0v) is 11.0. The van der Waals surface area contributed by atoms with Crippen LogP contribution >= 0.6 is 0 Å². The molecule has 6 nitrogen and oxygen atoms in total. The van der Waals surface area contributed by atoms with Crippen LogP contribution in [0.25, 0.3) is 11.4 Å². The number of aromatic nitrogens is 5. The second-order valence-electron chi connectivity index (χ2n) is 4.39. The molecule has 0 saturated heterocycles. The minimum absolute atomic E-state index is 0.336. The van der Waals surface area contributed by atoms with Crippen molar-refractivity contribution in [2.24, 2.45) is 0 Å². The zero-order valence-electron chi connectivity index (χ0n) is 11.0. The van der Waals surface area contributed by atoms with Gasteiger partial charge in [-0.2, -0.15) is 10.1 Å². The van der Waals surface area contributed by atoms with Gasteiger partial charge in [0.25, 0.3) is 0 Å². The van der Waals surface area contributed by atoms with Crippen molar-refractivity contribution in [1.29, 1.82) is 0 Å². The summed E-state index contributed by atoms with van der Waals surface area (Å²) < 4.78 is 20.0. The highest BCUT2D eigenvalue weighted by molar-refractivity contribution is 5.53. The largest absolute Gasteiger partial charge is 0.337 e. The van der Waals surface area contributed by atoms with Crippen molar-refractivity contribution in [2.45, 2.75) is 20.4 Å². The van der Waals surface area contributed by atoms with Crippen LogP contribution in [0.5, 0.6) is 0 Å². The molecule has 7 heteroatoms. The molecule has 0 atom stereocenters. The maximum atomic E-state index is 13.2. The Morgan fingerprint density at radius 1 is 1.25 bits per heavy atom. The van der Waals surface area contributed by atoms with Crippen molar-refractivity contribution >= 4 is 0 Å².